The fraction of sp³-hybridized carbons (Fsp3) is 0.455. The van der Waals surface area contributed by atoms with Crippen molar-refractivity contribution in [3.05, 3.63) is 29.3 Å². The molecule has 1 aliphatic heterocycles. The number of ether oxygens (including phenoxy) is 2. The molecule has 1 aliphatic rings. The molecule has 0 radical (unpaired) electrons. The van der Waals surface area contributed by atoms with Gasteiger partial charge in [-0.05, 0) is 24.6 Å². The van der Waals surface area contributed by atoms with E-state index in [2.05, 4.69) is 0 Å². The molecule has 1 aromatic carbocycles. The fourth-order valence-electron chi connectivity index (χ4n) is 1.53. The van der Waals surface area contributed by atoms with E-state index in [4.69, 9.17) is 9.47 Å². The third kappa shape index (κ3) is 1.87. The van der Waals surface area contributed by atoms with Crippen LogP contribution >= 0.6 is 0 Å². The van der Waals surface area contributed by atoms with Gasteiger partial charge < -0.3 is 9.47 Å². The summed E-state index contributed by atoms with van der Waals surface area (Å²) in [5, 5.41) is 0. The Hall–Kier alpha value is -1.23. The number of alkyl halides is 3. The number of epoxide rings is 1. The second-order valence-electron chi connectivity index (χ2n) is 3.93. The Labute approximate surface area is 91.0 Å². The number of hydrogen-bond acceptors (Lipinski definition) is 2. The molecule has 16 heavy (non-hydrogen) atoms. The van der Waals surface area contributed by atoms with Gasteiger partial charge in [0.15, 0.2) is 0 Å². The minimum atomic E-state index is -4.39. The molecule has 0 bridgehead atoms. The van der Waals surface area contributed by atoms with Crippen LogP contribution in [-0.4, -0.2) is 13.7 Å². The Kier molecular flexibility index (Phi) is 2.38. The topological polar surface area (TPSA) is 21.8 Å². The van der Waals surface area contributed by atoms with Crippen molar-refractivity contribution >= 4 is 0 Å². The van der Waals surface area contributed by atoms with E-state index in [1.54, 1.807) is 0 Å². The van der Waals surface area contributed by atoms with Gasteiger partial charge in [0.05, 0.1) is 19.3 Å². The lowest BCUT2D eigenvalue weighted by molar-refractivity contribution is -0.138. The van der Waals surface area contributed by atoms with Crippen LogP contribution in [0.5, 0.6) is 5.75 Å². The van der Waals surface area contributed by atoms with Gasteiger partial charge in [-0.1, -0.05) is 6.07 Å². The summed E-state index contributed by atoms with van der Waals surface area (Å²) < 4.78 is 47.6. The third-order valence-corrected chi connectivity index (χ3v) is 2.69. The quantitative estimate of drug-likeness (QED) is 0.731. The van der Waals surface area contributed by atoms with E-state index in [1.165, 1.54) is 19.2 Å². The van der Waals surface area contributed by atoms with Crippen LogP contribution in [0, 0.1) is 0 Å². The van der Waals surface area contributed by atoms with Crippen LogP contribution in [0.4, 0.5) is 13.2 Å². The van der Waals surface area contributed by atoms with E-state index in [0.717, 1.165) is 6.07 Å². The molecule has 0 N–H and O–H groups in total. The summed E-state index contributed by atoms with van der Waals surface area (Å²) in [6, 6.07) is 3.84. The molecule has 2 nitrogen and oxygen atoms in total. The molecule has 1 fully saturated rings. The first-order valence-corrected chi connectivity index (χ1v) is 4.76. The highest BCUT2D eigenvalue weighted by atomic mass is 19.4. The van der Waals surface area contributed by atoms with Crippen molar-refractivity contribution < 1.29 is 22.6 Å². The molecule has 0 aromatic heterocycles. The average Bonchev–Trinajstić information content (AvgIpc) is 2.95. The third-order valence-electron chi connectivity index (χ3n) is 2.69. The van der Waals surface area contributed by atoms with Crippen molar-refractivity contribution in [1.29, 1.82) is 0 Å². The maximum atomic E-state index is 12.6. The van der Waals surface area contributed by atoms with Gasteiger partial charge in [0.2, 0.25) is 0 Å². The Morgan fingerprint density at radius 3 is 2.44 bits per heavy atom. The molecule has 1 saturated heterocycles. The molecular weight excluding hydrogens is 221 g/mol. The normalized spacial score (nSPS) is 24.3. The van der Waals surface area contributed by atoms with Crippen LogP contribution in [0.25, 0.3) is 0 Å². The molecule has 0 spiro atoms. The monoisotopic (exact) mass is 232 g/mol. The first-order valence-electron chi connectivity index (χ1n) is 4.76. The molecule has 5 heteroatoms. The zero-order valence-corrected chi connectivity index (χ0v) is 8.89. The van der Waals surface area contributed by atoms with E-state index < -0.39 is 17.3 Å². The molecule has 88 valence electrons. The summed E-state index contributed by atoms with van der Waals surface area (Å²) in [4.78, 5) is 0. The first-order chi connectivity index (χ1) is 7.37. The highest BCUT2D eigenvalue weighted by Gasteiger charge is 2.43. The second kappa shape index (κ2) is 3.38. The van der Waals surface area contributed by atoms with Gasteiger partial charge in [0.25, 0.3) is 0 Å². The SMILES string of the molecule is COc1cc(C2(C)CO2)ccc1C(F)(F)F. The number of hydrogen-bond donors (Lipinski definition) is 0. The smallest absolute Gasteiger partial charge is 0.419 e. The number of benzene rings is 1. The van der Waals surface area contributed by atoms with Gasteiger partial charge in [-0.25, -0.2) is 0 Å². The van der Waals surface area contributed by atoms with Gasteiger partial charge in [-0.3, -0.25) is 0 Å². The predicted octanol–water partition coefficient (Wildman–Crippen LogP) is 2.96. The van der Waals surface area contributed by atoms with Crippen molar-refractivity contribution in [2.24, 2.45) is 0 Å². The highest BCUT2D eigenvalue weighted by Crippen LogP contribution is 2.43. The Morgan fingerprint density at radius 1 is 1.38 bits per heavy atom. The van der Waals surface area contributed by atoms with Crippen molar-refractivity contribution in [2.45, 2.75) is 18.7 Å². The van der Waals surface area contributed by atoms with Crippen molar-refractivity contribution in [3.63, 3.8) is 0 Å². The van der Waals surface area contributed by atoms with Gasteiger partial charge >= 0.3 is 6.18 Å². The molecule has 2 rings (SSSR count). The Bertz CT molecular complexity index is 408. The maximum absolute atomic E-state index is 12.6. The summed E-state index contributed by atoms with van der Waals surface area (Å²) in [5.41, 5.74) is -0.502. The zero-order chi connectivity index (χ0) is 12.0. The fourth-order valence-corrected chi connectivity index (χ4v) is 1.53. The standard InChI is InChI=1S/C11H11F3O2/c1-10(6-16-10)7-3-4-8(11(12,13)14)9(5-7)15-2/h3-5H,6H2,1-2H3. The maximum Gasteiger partial charge on any atom is 0.419 e. The zero-order valence-electron chi connectivity index (χ0n) is 8.89. The van der Waals surface area contributed by atoms with Gasteiger partial charge in [0.1, 0.15) is 11.4 Å². The molecule has 0 aliphatic carbocycles. The summed E-state index contributed by atoms with van der Waals surface area (Å²) in [7, 11) is 1.23. The lowest BCUT2D eigenvalue weighted by atomic mass is 10.00. The van der Waals surface area contributed by atoms with Crippen molar-refractivity contribution in [3.8, 4) is 5.75 Å². The molecule has 1 atom stereocenters. The van der Waals surface area contributed by atoms with E-state index in [1.807, 2.05) is 6.92 Å². The molecule has 0 saturated carbocycles. The van der Waals surface area contributed by atoms with Crippen LogP contribution in [0.2, 0.25) is 0 Å². The van der Waals surface area contributed by atoms with E-state index in [9.17, 15) is 13.2 Å². The van der Waals surface area contributed by atoms with Crippen molar-refractivity contribution in [2.75, 3.05) is 13.7 Å². The molecule has 0 amide bonds. The summed E-state index contributed by atoms with van der Waals surface area (Å²) in [6.07, 6.45) is -4.39. The lowest BCUT2D eigenvalue weighted by Gasteiger charge is -2.14. The summed E-state index contributed by atoms with van der Waals surface area (Å²) in [6.45, 7) is 2.36. The first kappa shape index (κ1) is 11.3. The lowest BCUT2D eigenvalue weighted by Crippen LogP contribution is -2.10. The van der Waals surface area contributed by atoms with Gasteiger partial charge in [-0.15, -0.1) is 0 Å². The van der Waals surface area contributed by atoms with Gasteiger partial charge in [0, 0.05) is 0 Å². The van der Waals surface area contributed by atoms with Crippen molar-refractivity contribution in [1.82, 2.24) is 0 Å². The highest BCUT2D eigenvalue weighted by molar-refractivity contribution is 5.42. The largest absolute Gasteiger partial charge is 0.496 e. The van der Waals surface area contributed by atoms with E-state index >= 15 is 0 Å². The molecule has 1 unspecified atom stereocenters. The summed E-state index contributed by atoms with van der Waals surface area (Å²) >= 11 is 0. The Morgan fingerprint density at radius 2 is 2.00 bits per heavy atom. The number of halogens is 3. The summed E-state index contributed by atoms with van der Waals surface area (Å²) in [5.74, 6) is -0.165. The van der Waals surface area contributed by atoms with Crippen LogP contribution in [0.1, 0.15) is 18.1 Å². The van der Waals surface area contributed by atoms with Crippen LogP contribution in [0.3, 0.4) is 0 Å². The van der Waals surface area contributed by atoms with E-state index in [0.29, 0.717) is 12.2 Å². The number of methoxy groups -OCH3 is 1. The Balaban J connectivity index is 2.43. The van der Waals surface area contributed by atoms with Gasteiger partial charge in [-0.2, -0.15) is 13.2 Å². The molecule has 1 aromatic rings. The molecule has 1 heterocycles. The van der Waals surface area contributed by atoms with Crippen LogP contribution in [0.15, 0.2) is 18.2 Å². The minimum Gasteiger partial charge on any atom is -0.496 e. The minimum absolute atomic E-state index is 0.165. The van der Waals surface area contributed by atoms with Crippen LogP contribution in [-0.2, 0) is 16.5 Å². The average molecular weight is 232 g/mol. The molecular formula is C11H11F3O2. The second-order valence-corrected chi connectivity index (χ2v) is 3.93. The van der Waals surface area contributed by atoms with E-state index in [-0.39, 0.29) is 5.75 Å². The predicted molar refractivity (Wildman–Crippen MR) is 51.3 cm³/mol. The number of rotatable bonds is 2. The van der Waals surface area contributed by atoms with Crippen LogP contribution < -0.4 is 4.74 Å².